The fraction of sp³-hybridized carbons (Fsp3) is 0.344. The van der Waals surface area contributed by atoms with E-state index in [2.05, 4.69) is 46.7 Å². The molecule has 3 heterocycles. The van der Waals surface area contributed by atoms with Gasteiger partial charge in [0.25, 0.3) is 0 Å². The largest absolute Gasteiger partial charge is 0.382 e. The number of aromatic nitrogens is 4. The summed E-state index contributed by atoms with van der Waals surface area (Å²) in [5, 5.41) is 14.1. The van der Waals surface area contributed by atoms with Gasteiger partial charge in [-0.2, -0.15) is 5.10 Å². The van der Waals surface area contributed by atoms with Crippen LogP contribution in [0.15, 0.2) is 67.0 Å². The monoisotopic (exact) mass is 566 g/mol. The van der Waals surface area contributed by atoms with Gasteiger partial charge in [-0.15, -0.1) is 0 Å². The van der Waals surface area contributed by atoms with Crippen LogP contribution in [0.25, 0.3) is 5.69 Å². The quantitative estimate of drug-likeness (QED) is 0.218. The van der Waals surface area contributed by atoms with Crippen molar-refractivity contribution in [2.45, 2.75) is 51.9 Å². The highest BCUT2D eigenvalue weighted by Crippen LogP contribution is 2.35. The maximum Gasteiger partial charge on any atom is 0.324 e. The fourth-order valence-corrected chi connectivity index (χ4v) is 5.31. The molecule has 5 N–H and O–H groups in total. The normalized spacial score (nSPS) is 14.8. The number of ketones is 1. The summed E-state index contributed by atoms with van der Waals surface area (Å²) in [5.41, 5.74) is 10.2. The highest BCUT2D eigenvalue weighted by Gasteiger charge is 2.33. The Morgan fingerprint density at radius 1 is 1.00 bits per heavy atom. The number of rotatable bonds is 7. The maximum absolute atomic E-state index is 13.8. The third-order valence-corrected chi connectivity index (χ3v) is 7.60. The minimum atomic E-state index is -0.465. The first kappa shape index (κ1) is 28.9. The van der Waals surface area contributed by atoms with Gasteiger partial charge in [0.05, 0.1) is 17.3 Å². The highest BCUT2D eigenvalue weighted by atomic mass is 16.2. The lowest BCUT2D eigenvalue weighted by Crippen LogP contribution is -2.34. The zero-order chi connectivity index (χ0) is 29.9. The van der Waals surface area contributed by atoms with Crippen molar-refractivity contribution >= 4 is 29.1 Å². The first-order valence-electron chi connectivity index (χ1n) is 14.3. The second-order valence-corrected chi connectivity index (χ2v) is 11.8. The maximum atomic E-state index is 13.8. The standard InChI is InChI=1S/C32H38N8O2/c1-20-8-10-24(11-9-20)40-26(19-25(39-40)32(2,3)4)38-31(42)37-23-7-5-6-22(18-23)27(21-12-14-34-15-13-21)29(41)28-30(33)36-17-16-35-28/h5-11,16-19,21,27,34H,12-15H2,1-4H3,(H2,33,36)(H2,37,38,42). The van der Waals surface area contributed by atoms with Crippen LogP contribution in [0.5, 0.6) is 0 Å². The minimum absolute atomic E-state index is 0.101. The van der Waals surface area contributed by atoms with Crippen molar-refractivity contribution in [1.29, 1.82) is 0 Å². The molecule has 1 aliphatic rings. The van der Waals surface area contributed by atoms with Crippen molar-refractivity contribution in [3.05, 3.63) is 89.5 Å². The summed E-state index contributed by atoms with van der Waals surface area (Å²) in [6, 6.07) is 16.9. The van der Waals surface area contributed by atoms with E-state index in [0.717, 1.165) is 48.4 Å². The van der Waals surface area contributed by atoms with Gasteiger partial charge in [0.1, 0.15) is 11.5 Å². The zero-order valence-corrected chi connectivity index (χ0v) is 24.5. The number of anilines is 3. The summed E-state index contributed by atoms with van der Waals surface area (Å²) in [5.74, 6) is 0.149. The lowest BCUT2D eigenvalue weighted by atomic mass is 9.77. The number of nitrogens with two attached hydrogens (primary N) is 1. The molecule has 0 radical (unpaired) electrons. The number of aryl methyl sites for hydroxylation is 1. The molecule has 10 heteroatoms. The molecule has 2 aromatic carbocycles. The molecule has 0 saturated carbocycles. The minimum Gasteiger partial charge on any atom is -0.382 e. The van der Waals surface area contributed by atoms with Gasteiger partial charge in [0.2, 0.25) is 0 Å². The van der Waals surface area contributed by atoms with E-state index in [-0.39, 0.29) is 28.6 Å². The predicted octanol–water partition coefficient (Wildman–Crippen LogP) is 5.46. The van der Waals surface area contributed by atoms with Gasteiger partial charge >= 0.3 is 6.03 Å². The molecule has 1 aliphatic heterocycles. The first-order valence-corrected chi connectivity index (χ1v) is 14.3. The van der Waals surface area contributed by atoms with Crippen LogP contribution in [-0.2, 0) is 5.41 Å². The molecule has 2 aromatic heterocycles. The van der Waals surface area contributed by atoms with E-state index in [1.807, 2.05) is 61.5 Å². The van der Waals surface area contributed by atoms with Crippen molar-refractivity contribution in [1.82, 2.24) is 25.1 Å². The molecule has 0 bridgehead atoms. The number of urea groups is 1. The number of piperidine rings is 1. The number of nitrogens with one attached hydrogen (secondary N) is 3. The van der Waals surface area contributed by atoms with Gasteiger partial charge in [-0.25, -0.2) is 19.4 Å². The number of nitrogens with zero attached hydrogens (tertiary/aromatic N) is 4. The number of nitrogen functional groups attached to an aromatic ring is 1. The molecule has 4 aromatic rings. The Morgan fingerprint density at radius 3 is 2.40 bits per heavy atom. The summed E-state index contributed by atoms with van der Waals surface area (Å²) in [6.07, 6.45) is 4.64. The van der Waals surface area contributed by atoms with Gasteiger partial charge in [0, 0.05) is 29.6 Å². The van der Waals surface area contributed by atoms with E-state index in [9.17, 15) is 9.59 Å². The summed E-state index contributed by atoms with van der Waals surface area (Å²) in [4.78, 5) is 35.4. The molecule has 42 heavy (non-hydrogen) atoms. The number of hydrogen-bond donors (Lipinski definition) is 4. The van der Waals surface area contributed by atoms with Gasteiger partial charge in [0.15, 0.2) is 11.6 Å². The van der Waals surface area contributed by atoms with Crippen molar-refractivity contribution in [2.24, 2.45) is 5.92 Å². The molecule has 218 valence electrons. The molecular weight excluding hydrogens is 528 g/mol. The summed E-state index contributed by atoms with van der Waals surface area (Å²) < 4.78 is 1.74. The van der Waals surface area contributed by atoms with Crippen LogP contribution in [0.2, 0.25) is 0 Å². The summed E-state index contributed by atoms with van der Waals surface area (Å²) in [7, 11) is 0. The molecule has 10 nitrogen and oxygen atoms in total. The number of carbonyl (C=O) groups is 2. The first-order chi connectivity index (χ1) is 20.1. The van der Waals surface area contributed by atoms with Gasteiger partial charge in [-0.3, -0.25) is 10.1 Å². The van der Waals surface area contributed by atoms with Crippen LogP contribution in [0.1, 0.15) is 66.8 Å². The van der Waals surface area contributed by atoms with Gasteiger partial charge in [-0.1, -0.05) is 50.6 Å². The van der Waals surface area contributed by atoms with Crippen molar-refractivity contribution < 1.29 is 9.59 Å². The van der Waals surface area contributed by atoms with Crippen molar-refractivity contribution in [3.8, 4) is 5.69 Å². The summed E-state index contributed by atoms with van der Waals surface area (Å²) in [6.45, 7) is 9.93. The lowest BCUT2D eigenvalue weighted by molar-refractivity contribution is 0.0911. The highest BCUT2D eigenvalue weighted by molar-refractivity contribution is 6.03. The Bertz CT molecular complexity index is 1570. The Kier molecular flexibility index (Phi) is 8.35. The van der Waals surface area contributed by atoms with E-state index >= 15 is 0 Å². The van der Waals surface area contributed by atoms with Crippen LogP contribution in [0, 0.1) is 12.8 Å². The number of benzene rings is 2. The number of amides is 2. The lowest BCUT2D eigenvalue weighted by Gasteiger charge is -2.30. The van der Waals surface area contributed by atoms with Gasteiger partial charge < -0.3 is 16.4 Å². The van der Waals surface area contributed by atoms with Crippen LogP contribution < -0.4 is 21.7 Å². The Balaban J connectivity index is 1.41. The van der Waals surface area contributed by atoms with E-state index in [1.165, 1.54) is 12.4 Å². The van der Waals surface area contributed by atoms with E-state index < -0.39 is 11.9 Å². The topological polar surface area (TPSA) is 140 Å². The average molecular weight is 567 g/mol. The number of hydrogen-bond acceptors (Lipinski definition) is 7. The third kappa shape index (κ3) is 6.49. The number of Topliss-reactive ketones (excluding diaryl/α,β-unsaturated/α-hetero) is 1. The average Bonchev–Trinajstić information content (AvgIpc) is 3.39. The van der Waals surface area contributed by atoms with E-state index in [0.29, 0.717) is 11.5 Å². The number of carbonyl (C=O) groups excluding carboxylic acids is 2. The molecule has 5 rings (SSSR count). The molecular formula is C32H38N8O2. The predicted molar refractivity (Wildman–Crippen MR) is 165 cm³/mol. The Hall–Kier alpha value is -4.57. The molecule has 1 fully saturated rings. The molecule has 0 spiro atoms. The van der Waals surface area contributed by atoms with Crippen LogP contribution in [0.3, 0.4) is 0 Å². The Morgan fingerprint density at radius 2 is 1.71 bits per heavy atom. The second-order valence-electron chi connectivity index (χ2n) is 11.8. The van der Waals surface area contributed by atoms with Crippen LogP contribution in [0.4, 0.5) is 22.1 Å². The third-order valence-electron chi connectivity index (χ3n) is 7.60. The molecule has 2 amide bonds. The van der Waals surface area contributed by atoms with E-state index in [1.54, 1.807) is 4.68 Å². The molecule has 0 aliphatic carbocycles. The molecule has 1 atom stereocenters. The zero-order valence-electron chi connectivity index (χ0n) is 24.5. The smallest absolute Gasteiger partial charge is 0.324 e. The molecule has 1 saturated heterocycles. The van der Waals surface area contributed by atoms with Crippen molar-refractivity contribution in [2.75, 3.05) is 29.5 Å². The van der Waals surface area contributed by atoms with Gasteiger partial charge in [-0.05, 0) is 68.6 Å². The molecule has 1 unspecified atom stereocenters. The van der Waals surface area contributed by atoms with Crippen molar-refractivity contribution in [3.63, 3.8) is 0 Å². The SMILES string of the molecule is Cc1ccc(-n2nc(C(C)(C)C)cc2NC(=O)Nc2cccc(C(C(=O)c3nccnc3N)C3CCNCC3)c2)cc1. The summed E-state index contributed by atoms with van der Waals surface area (Å²) >= 11 is 0. The Labute approximate surface area is 246 Å². The second kappa shape index (κ2) is 12.1. The fourth-order valence-electron chi connectivity index (χ4n) is 5.31. The van der Waals surface area contributed by atoms with Crippen LogP contribution >= 0.6 is 0 Å². The van der Waals surface area contributed by atoms with Crippen LogP contribution in [-0.4, -0.2) is 44.7 Å². The van der Waals surface area contributed by atoms with E-state index in [4.69, 9.17) is 10.8 Å².